The number of hydrogen-bond donors (Lipinski definition) is 2. The molecule has 1 aliphatic rings. The molecule has 20 heavy (non-hydrogen) atoms. The van der Waals surface area contributed by atoms with Gasteiger partial charge >= 0.3 is 5.97 Å². The van der Waals surface area contributed by atoms with E-state index in [0.717, 1.165) is 6.54 Å². The highest BCUT2D eigenvalue weighted by molar-refractivity contribution is 5.88. The first-order valence-electron chi connectivity index (χ1n) is 6.78. The van der Waals surface area contributed by atoms with Gasteiger partial charge in [0.1, 0.15) is 5.54 Å². The smallest absolute Gasteiger partial charge is 0.331 e. The quantitative estimate of drug-likeness (QED) is 0.704. The van der Waals surface area contributed by atoms with Crippen LogP contribution in [0.3, 0.4) is 0 Å². The third-order valence-corrected chi connectivity index (χ3v) is 3.59. The number of esters is 1. The Morgan fingerprint density at radius 3 is 2.50 bits per heavy atom. The molecule has 0 saturated carbocycles. The van der Waals surface area contributed by atoms with Crippen molar-refractivity contribution in [1.82, 2.24) is 10.6 Å². The number of carbonyl (C=O) groups excluding carboxylic acids is 2. The number of carbonyl (C=O) groups is 2. The Kier molecular flexibility index (Phi) is 8.76. The predicted octanol–water partition coefficient (Wildman–Crippen LogP) is 0.635. The van der Waals surface area contributed by atoms with Gasteiger partial charge in [0.2, 0.25) is 5.91 Å². The lowest BCUT2D eigenvalue weighted by Gasteiger charge is -2.31. The maximum absolute atomic E-state index is 12.1. The van der Waals surface area contributed by atoms with Gasteiger partial charge in [-0.2, -0.15) is 0 Å². The molecule has 0 aliphatic carbocycles. The van der Waals surface area contributed by atoms with Crippen molar-refractivity contribution >= 4 is 24.3 Å². The first kappa shape index (κ1) is 19.1. The van der Waals surface area contributed by atoms with Crippen molar-refractivity contribution in [3.05, 3.63) is 0 Å². The molecule has 1 atom stereocenters. The van der Waals surface area contributed by atoms with E-state index >= 15 is 0 Å². The molecule has 1 rings (SSSR count). The molecule has 1 heterocycles. The molecule has 7 heteroatoms. The largest absolute Gasteiger partial charge is 0.467 e. The van der Waals surface area contributed by atoms with Crippen molar-refractivity contribution in [3.63, 3.8) is 0 Å². The predicted molar refractivity (Wildman–Crippen MR) is 77.9 cm³/mol. The van der Waals surface area contributed by atoms with Crippen molar-refractivity contribution < 1.29 is 19.1 Å². The van der Waals surface area contributed by atoms with Crippen LogP contribution in [0.25, 0.3) is 0 Å². The lowest BCUT2D eigenvalue weighted by molar-refractivity contribution is -0.151. The second-order valence-corrected chi connectivity index (χ2v) is 4.76. The van der Waals surface area contributed by atoms with E-state index in [9.17, 15) is 9.59 Å². The molecule has 1 fully saturated rings. The Morgan fingerprint density at radius 2 is 2.05 bits per heavy atom. The molecule has 0 aromatic rings. The highest BCUT2D eigenvalue weighted by Gasteiger charge is 2.37. The first-order valence-corrected chi connectivity index (χ1v) is 6.78. The van der Waals surface area contributed by atoms with E-state index in [1.165, 1.54) is 7.11 Å². The number of morpholine rings is 1. The Hall–Kier alpha value is -0.850. The first-order chi connectivity index (χ1) is 9.07. The van der Waals surface area contributed by atoms with E-state index in [1.807, 2.05) is 13.8 Å². The van der Waals surface area contributed by atoms with Crippen LogP contribution in [0, 0.1) is 0 Å². The van der Waals surface area contributed by atoms with Crippen LogP contribution in [0.2, 0.25) is 0 Å². The minimum Gasteiger partial charge on any atom is -0.467 e. The van der Waals surface area contributed by atoms with Gasteiger partial charge in [-0.3, -0.25) is 4.79 Å². The molecule has 1 saturated heterocycles. The highest BCUT2D eigenvalue weighted by atomic mass is 35.5. The maximum atomic E-state index is 12.1. The second kappa shape index (κ2) is 9.15. The van der Waals surface area contributed by atoms with E-state index in [1.54, 1.807) is 0 Å². The van der Waals surface area contributed by atoms with E-state index < -0.39 is 11.5 Å². The number of hydrogen-bond acceptors (Lipinski definition) is 5. The number of rotatable bonds is 6. The Bertz CT molecular complexity index is 315. The summed E-state index contributed by atoms with van der Waals surface area (Å²) in [6.07, 6.45) is 1.33. The fourth-order valence-corrected chi connectivity index (χ4v) is 2.25. The van der Waals surface area contributed by atoms with Crippen LogP contribution in [0.15, 0.2) is 0 Å². The maximum Gasteiger partial charge on any atom is 0.331 e. The van der Waals surface area contributed by atoms with Gasteiger partial charge in [-0.1, -0.05) is 13.8 Å². The Labute approximate surface area is 126 Å². The molecule has 1 amide bonds. The van der Waals surface area contributed by atoms with Crippen LogP contribution in [0.5, 0.6) is 0 Å². The average molecular weight is 309 g/mol. The molecular formula is C13H25ClN2O4. The third-order valence-electron chi connectivity index (χ3n) is 3.59. The van der Waals surface area contributed by atoms with Gasteiger partial charge in [-0.25, -0.2) is 4.79 Å². The van der Waals surface area contributed by atoms with Crippen molar-refractivity contribution in [2.24, 2.45) is 0 Å². The topological polar surface area (TPSA) is 76.7 Å². The Balaban J connectivity index is 0.00000361. The van der Waals surface area contributed by atoms with E-state index in [2.05, 4.69) is 10.6 Å². The van der Waals surface area contributed by atoms with Gasteiger partial charge in [-0.15, -0.1) is 12.4 Å². The zero-order valence-electron chi connectivity index (χ0n) is 12.4. The van der Waals surface area contributed by atoms with Gasteiger partial charge in [0.05, 0.1) is 20.3 Å². The summed E-state index contributed by atoms with van der Waals surface area (Å²) in [7, 11) is 1.34. The fraction of sp³-hybridized carbons (Fsp3) is 0.846. The minimum atomic E-state index is -0.915. The monoisotopic (exact) mass is 308 g/mol. The van der Waals surface area contributed by atoms with Crippen molar-refractivity contribution in [2.75, 3.05) is 26.9 Å². The van der Waals surface area contributed by atoms with Crippen molar-refractivity contribution in [3.8, 4) is 0 Å². The summed E-state index contributed by atoms with van der Waals surface area (Å²) in [5.74, 6) is -0.546. The van der Waals surface area contributed by atoms with Gasteiger partial charge in [0.25, 0.3) is 0 Å². The molecule has 1 aliphatic heterocycles. The third kappa shape index (κ3) is 4.92. The molecular weight excluding hydrogens is 284 g/mol. The zero-order valence-corrected chi connectivity index (χ0v) is 13.2. The molecule has 0 spiro atoms. The lowest BCUT2D eigenvalue weighted by atomic mass is 9.92. The molecule has 0 aromatic heterocycles. The van der Waals surface area contributed by atoms with Gasteiger partial charge < -0.3 is 20.1 Å². The molecule has 1 unspecified atom stereocenters. The standard InChI is InChI=1S/C13H24N2O4.ClH/c1-4-13(5-2,12(17)18-3)15-11(16)8-10-9-19-7-6-14-10;/h10,14H,4-9H2,1-3H3,(H,15,16);1H. The van der Waals surface area contributed by atoms with Crippen LogP contribution < -0.4 is 10.6 Å². The Morgan fingerprint density at radius 1 is 1.40 bits per heavy atom. The summed E-state index contributed by atoms with van der Waals surface area (Å²) in [5.41, 5.74) is -0.915. The van der Waals surface area contributed by atoms with Crippen LogP contribution in [0.4, 0.5) is 0 Å². The van der Waals surface area contributed by atoms with Crippen LogP contribution in [0.1, 0.15) is 33.1 Å². The number of methoxy groups -OCH3 is 1. The fourth-order valence-electron chi connectivity index (χ4n) is 2.25. The summed E-state index contributed by atoms with van der Waals surface area (Å²) in [6.45, 7) is 5.68. The van der Waals surface area contributed by atoms with E-state index in [-0.39, 0.29) is 24.4 Å². The molecule has 6 nitrogen and oxygen atoms in total. The number of halogens is 1. The SMILES string of the molecule is CCC(CC)(NC(=O)CC1COCCN1)C(=O)OC.Cl. The molecule has 118 valence electrons. The highest BCUT2D eigenvalue weighted by Crippen LogP contribution is 2.17. The summed E-state index contributed by atoms with van der Waals surface area (Å²) >= 11 is 0. The summed E-state index contributed by atoms with van der Waals surface area (Å²) in [4.78, 5) is 23.9. The summed E-state index contributed by atoms with van der Waals surface area (Å²) in [5, 5.41) is 6.03. The summed E-state index contributed by atoms with van der Waals surface area (Å²) < 4.78 is 10.1. The van der Waals surface area contributed by atoms with Gasteiger partial charge in [0.15, 0.2) is 0 Å². The van der Waals surface area contributed by atoms with Crippen molar-refractivity contribution in [1.29, 1.82) is 0 Å². The van der Waals surface area contributed by atoms with Crippen molar-refractivity contribution in [2.45, 2.75) is 44.7 Å². The van der Waals surface area contributed by atoms with Gasteiger partial charge in [-0.05, 0) is 12.8 Å². The second-order valence-electron chi connectivity index (χ2n) is 4.76. The normalized spacial score (nSPS) is 18.9. The zero-order chi connectivity index (χ0) is 14.3. The lowest BCUT2D eigenvalue weighted by Crippen LogP contribution is -2.55. The number of amides is 1. The molecule has 0 aromatic carbocycles. The van der Waals surface area contributed by atoms with Crippen LogP contribution in [-0.2, 0) is 19.1 Å². The average Bonchev–Trinajstić information content (AvgIpc) is 2.45. The van der Waals surface area contributed by atoms with Crippen LogP contribution in [-0.4, -0.2) is 50.3 Å². The van der Waals surface area contributed by atoms with Crippen LogP contribution >= 0.6 is 12.4 Å². The van der Waals surface area contributed by atoms with Gasteiger partial charge in [0, 0.05) is 19.0 Å². The molecule has 2 N–H and O–H groups in total. The molecule has 0 radical (unpaired) electrons. The minimum absolute atomic E-state index is 0. The molecule has 0 bridgehead atoms. The number of ether oxygens (including phenoxy) is 2. The summed E-state index contributed by atoms with van der Waals surface area (Å²) in [6, 6.07) is 0.0119. The van der Waals surface area contributed by atoms with E-state index in [4.69, 9.17) is 9.47 Å². The number of nitrogens with one attached hydrogen (secondary N) is 2. The van der Waals surface area contributed by atoms with E-state index in [0.29, 0.717) is 32.5 Å².